The SMILES string of the molecule is Cc1ccc(NC(=O)c2cc(-c3ccc(C(C)(C)C)cc3)n(C)n2)cc1. The highest BCUT2D eigenvalue weighted by Crippen LogP contribution is 2.26. The molecule has 3 rings (SSSR count). The van der Waals surface area contributed by atoms with Gasteiger partial charge in [-0.05, 0) is 41.7 Å². The maximum Gasteiger partial charge on any atom is 0.276 e. The molecule has 3 aromatic rings. The van der Waals surface area contributed by atoms with Crippen molar-refractivity contribution in [2.75, 3.05) is 5.32 Å². The number of aromatic nitrogens is 2. The fraction of sp³-hybridized carbons (Fsp3) is 0.273. The summed E-state index contributed by atoms with van der Waals surface area (Å²) in [6, 6.07) is 18.0. The number of aryl methyl sites for hydroxylation is 2. The molecule has 0 saturated heterocycles. The first kappa shape index (κ1) is 17.9. The van der Waals surface area contributed by atoms with Crippen LogP contribution in [0.5, 0.6) is 0 Å². The fourth-order valence-corrected chi connectivity index (χ4v) is 2.82. The van der Waals surface area contributed by atoms with Gasteiger partial charge in [0.2, 0.25) is 0 Å². The van der Waals surface area contributed by atoms with Gasteiger partial charge < -0.3 is 5.32 Å². The molecule has 0 fully saturated rings. The second-order valence-electron chi connectivity index (χ2n) is 7.69. The lowest BCUT2D eigenvalue weighted by atomic mass is 9.86. The molecule has 4 nitrogen and oxygen atoms in total. The van der Waals surface area contributed by atoms with E-state index in [1.165, 1.54) is 5.56 Å². The van der Waals surface area contributed by atoms with E-state index in [0.717, 1.165) is 22.5 Å². The van der Waals surface area contributed by atoms with Gasteiger partial charge in [0.1, 0.15) is 0 Å². The summed E-state index contributed by atoms with van der Waals surface area (Å²) in [4.78, 5) is 12.5. The van der Waals surface area contributed by atoms with Crippen molar-refractivity contribution in [1.82, 2.24) is 9.78 Å². The highest BCUT2D eigenvalue weighted by molar-refractivity contribution is 6.03. The van der Waals surface area contributed by atoms with Crippen molar-refractivity contribution in [2.45, 2.75) is 33.1 Å². The van der Waals surface area contributed by atoms with E-state index in [4.69, 9.17) is 0 Å². The van der Waals surface area contributed by atoms with E-state index in [1.54, 1.807) is 4.68 Å². The maximum atomic E-state index is 12.5. The number of anilines is 1. The van der Waals surface area contributed by atoms with E-state index in [2.05, 4.69) is 55.5 Å². The van der Waals surface area contributed by atoms with Crippen molar-refractivity contribution in [3.05, 3.63) is 71.4 Å². The molecule has 1 aromatic heterocycles. The van der Waals surface area contributed by atoms with Crippen molar-refractivity contribution in [3.63, 3.8) is 0 Å². The normalized spacial score (nSPS) is 11.4. The highest BCUT2D eigenvalue weighted by Gasteiger charge is 2.16. The van der Waals surface area contributed by atoms with Gasteiger partial charge in [-0.1, -0.05) is 62.7 Å². The molecular weight excluding hydrogens is 322 g/mol. The van der Waals surface area contributed by atoms with Gasteiger partial charge in [0.15, 0.2) is 5.69 Å². The molecule has 0 aliphatic heterocycles. The van der Waals surface area contributed by atoms with Crippen molar-refractivity contribution >= 4 is 11.6 Å². The standard InChI is InChI=1S/C22H25N3O/c1-15-6-12-18(13-7-15)23-21(26)19-14-20(25(5)24-19)16-8-10-17(11-9-16)22(2,3)4/h6-14H,1-5H3,(H,23,26). The molecule has 0 radical (unpaired) electrons. The van der Waals surface area contributed by atoms with E-state index in [-0.39, 0.29) is 11.3 Å². The molecule has 0 saturated carbocycles. The Labute approximate surface area is 154 Å². The van der Waals surface area contributed by atoms with E-state index >= 15 is 0 Å². The van der Waals surface area contributed by atoms with Crippen LogP contribution in [0.25, 0.3) is 11.3 Å². The summed E-state index contributed by atoms with van der Waals surface area (Å²) in [7, 11) is 1.86. The molecule has 0 aliphatic carbocycles. The number of hydrogen-bond donors (Lipinski definition) is 1. The van der Waals surface area contributed by atoms with Crippen LogP contribution in [0.3, 0.4) is 0 Å². The summed E-state index contributed by atoms with van der Waals surface area (Å²) in [5, 5.41) is 7.27. The molecule has 0 bridgehead atoms. The highest BCUT2D eigenvalue weighted by atomic mass is 16.1. The minimum Gasteiger partial charge on any atom is -0.321 e. The molecule has 0 unspecified atom stereocenters. The third-order valence-corrected chi connectivity index (χ3v) is 4.47. The van der Waals surface area contributed by atoms with Crippen LogP contribution in [-0.2, 0) is 12.5 Å². The van der Waals surface area contributed by atoms with E-state index in [9.17, 15) is 4.79 Å². The topological polar surface area (TPSA) is 46.9 Å². The number of benzene rings is 2. The summed E-state index contributed by atoms with van der Waals surface area (Å²) in [5.41, 5.74) is 5.68. The first-order chi connectivity index (χ1) is 12.2. The summed E-state index contributed by atoms with van der Waals surface area (Å²) in [5.74, 6) is -0.206. The van der Waals surface area contributed by atoms with Gasteiger partial charge in [0.05, 0.1) is 5.69 Å². The zero-order chi connectivity index (χ0) is 18.9. The molecule has 1 heterocycles. The molecule has 0 spiro atoms. The summed E-state index contributed by atoms with van der Waals surface area (Å²) in [6.45, 7) is 8.60. The molecule has 26 heavy (non-hydrogen) atoms. The molecular formula is C22H25N3O. The zero-order valence-corrected chi connectivity index (χ0v) is 16.0. The van der Waals surface area contributed by atoms with Crippen LogP contribution in [0.15, 0.2) is 54.6 Å². The van der Waals surface area contributed by atoms with Gasteiger partial charge in [-0.2, -0.15) is 5.10 Å². The van der Waals surface area contributed by atoms with Crippen LogP contribution in [0.4, 0.5) is 5.69 Å². The number of nitrogens with one attached hydrogen (secondary N) is 1. The molecule has 1 amide bonds. The average molecular weight is 347 g/mol. The van der Waals surface area contributed by atoms with E-state index in [1.807, 2.05) is 44.3 Å². The van der Waals surface area contributed by atoms with E-state index < -0.39 is 0 Å². The largest absolute Gasteiger partial charge is 0.321 e. The Morgan fingerprint density at radius 2 is 1.62 bits per heavy atom. The molecule has 4 heteroatoms. The quantitative estimate of drug-likeness (QED) is 0.729. The second kappa shape index (κ2) is 6.79. The van der Waals surface area contributed by atoms with Crippen molar-refractivity contribution in [2.24, 2.45) is 7.05 Å². The third kappa shape index (κ3) is 3.85. The van der Waals surface area contributed by atoms with Crippen molar-refractivity contribution in [1.29, 1.82) is 0 Å². The van der Waals surface area contributed by atoms with Gasteiger partial charge in [0.25, 0.3) is 5.91 Å². The maximum absolute atomic E-state index is 12.5. The molecule has 134 valence electrons. The summed E-state index contributed by atoms with van der Waals surface area (Å²) < 4.78 is 1.75. The minimum atomic E-state index is -0.206. The van der Waals surface area contributed by atoms with Crippen molar-refractivity contribution < 1.29 is 4.79 Å². The molecule has 0 atom stereocenters. The van der Waals surface area contributed by atoms with Crippen LogP contribution < -0.4 is 5.32 Å². The van der Waals surface area contributed by atoms with Crippen LogP contribution >= 0.6 is 0 Å². The second-order valence-corrected chi connectivity index (χ2v) is 7.69. The lowest BCUT2D eigenvalue weighted by molar-refractivity contribution is 0.102. The number of rotatable bonds is 3. The smallest absolute Gasteiger partial charge is 0.276 e. The minimum absolute atomic E-state index is 0.115. The van der Waals surface area contributed by atoms with Crippen LogP contribution in [0, 0.1) is 6.92 Å². The summed E-state index contributed by atoms with van der Waals surface area (Å²) in [6.07, 6.45) is 0. The van der Waals surface area contributed by atoms with Crippen LogP contribution in [0.1, 0.15) is 42.4 Å². The van der Waals surface area contributed by atoms with Gasteiger partial charge in [-0.3, -0.25) is 9.48 Å². The first-order valence-corrected chi connectivity index (χ1v) is 8.77. The number of nitrogens with zero attached hydrogens (tertiary/aromatic N) is 2. The average Bonchev–Trinajstić information content (AvgIpc) is 2.98. The monoisotopic (exact) mass is 347 g/mol. The van der Waals surface area contributed by atoms with Crippen LogP contribution in [0.2, 0.25) is 0 Å². The van der Waals surface area contributed by atoms with Crippen molar-refractivity contribution in [3.8, 4) is 11.3 Å². The van der Waals surface area contributed by atoms with Gasteiger partial charge in [-0.25, -0.2) is 0 Å². The van der Waals surface area contributed by atoms with Crippen LogP contribution in [-0.4, -0.2) is 15.7 Å². The number of carbonyl (C=O) groups is 1. The molecule has 0 aliphatic rings. The van der Waals surface area contributed by atoms with Gasteiger partial charge >= 0.3 is 0 Å². The third-order valence-electron chi connectivity index (χ3n) is 4.47. The zero-order valence-electron chi connectivity index (χ0n) is 16.0. The van der Waals surface area contributed by atoms with Gasteiger partial charge in [-0.15, -0.1) is 0 Å². The Morgan fingerprint density at radius 3 is 2.19 bits per heavy atom. The Hall–Kier alpha value is -2.88. The lowest BCUT2D eigenvalue weighted by Crippen LogP contribution is -2.12. The predicted molar refractivity (Wildman–Crippen MR) is 106 cm³/mol. The summed E-state index contributed by atoms with van der Waals surface area (Å²) >= 11 is 0. The predicted octanol–water partition coefficient (Wildman–Crippen LogP) is 4.95. The van der Waals surface area contributed by atoms with Gasteiger partial charge in [0, 0.05) is 12.7 Å². The number of hydrogen-bond acceptors (Lipinski definition) is 2. The Bertz CT molecular complexity index is 914. The molecule has 1 N–H and O–H groups in total. The lowest BCUT2D eigenvalue weighted by Gasteiger charge is -2.19. The fourth-order valence-electron chi connectivity index (χ4n) is 2.82. The molecule has 2 aromatic carbocycles. The van der Waals surface area contributed by atoms with E-state index in [0.29, 0.717) is 5.69 Å². The number of carbonyl (C=O) groups excluding carboxylic acids is 1. The Morgan fingerprint density at radius 1 is 1.00 bits per heavy atom. The Balaban J connectivity index is 1.82. The first-order valence-electron chi connectivity index (χ1n) is 8.77. The number of amides is 1. The Kier molecular flexibility index (Phi) is 4.68.